The van der Waals surface area contributed by atoms with Crippen molar-refractivity contribution in [2.24, 2.45) is 7.05 Å². The lowest BCUT2D eigenvalue weighted by Gasteiger charge is -2.08. The van der Waals surface area contributed by atoms with Crippen molar-refractivity contribution in [2.75, 3.05) is 5.32 Å². The Hall–Kier alpha value is -2.30. The second-order valence-corrected chi connectivity index (χ2v) is 4.14. The average Bonchev–Trinajstić information content (AvgIpc) is 2.73. The van der Waals surface area contributed by atoms with E-state index in [9.17, 15) is 4.79 Å². The molecule has 5 heteroatoms. The highest BCUT2D eigenvalue weighted by molar-refractivity contribution is 5.88. The maximum absolute atomic E-state index is 11.7. The Morgan fingerprint density at radius 3 is 2.89 bits per heavy atom. The van der Waals surface area contributed by atoms with E-state index in [-0.39, 0.29) is 6.03 Å². The fraction of sp³-hybridized carbons (Fsp3) is 0.231. The molecule has 1 aromatic carbocycles. The maximum Gasteiger partial charge on any atom is 0.320 e. The van der Waals surface area contributed by atoms with Crippen LogP contribution >= 0.6 is 0 Å². The summed E-state index contributed by atoms with van der Waals surface area (Å²) in [6, 6.07) is 9.54. The number of anilines is 1. The number of nitrogens with zero attached hydrogens (tertiary/aromatic N) is 2. The summed E-state index contributed by atoms with van der Waals surface area (Å²) in [6.07, 6.45) is 1.64. The van der Waals surface area contributed by atoms with Crippen molar-refractivity contribution in [1.82, 2.24) is 15.1 Å². The molecule has 0 aliphatic rings. The number of amides is 2. The van der Waals surface area contributed by atoms with Crippen LogP contribution in [0.15, 0.2) is 36.5 Å². The highest BCUT2D eigenvalue weighted by Crippen LogP contribution is 2.05. The molecule has 0 saturated carbocycles. The zero-order valence-electron chi connectivity index (χ0n) is 10.5. The fourth-order valence-corrected chi connectivity index (χ4v) is 1.66. The highest BCUT2D eigenvalue weighted by Gasteiger charge is 2.04. The van der Waals surface area contributed by atoms with Crippen LogP contribution in [0.2, 0.25) is 0 Å². The van der Waals surface area contributed by atoms with Crippen molar-refractivity contribution >= 4 is 11.8 Å². The first kappa shape index (κ1) is 12.2. The SMILES string of the molecule is Cc1cccc(CNC(=O)Nc2ccnn2C)c1. The van der Waals surface area contributed by atoms with Crippen molar-refractivity contribution in [3.05, 3.63) is 47.7 Å². The van der Waals surface area contributed by atoms with Gasteiger partial charge in [-0.3, -0.25) is 10.00 Å². The number of hydrogen-bond donors (Lipinski definition) is 2. The van der Waals surface area contributed by atoms with Gasteiger partial charge in [-0.2, -0.15) is 5.10 Å². The number of aromatic nitrogens is 2. The fourth-order valence-electron chi connectivity index (χ4n) is 1.66. The summed E-state index contributed by atoms with van der Waals surface area (Å²) < 4.78 is 1.60. The van der Waals surface area contributed by atoms with E-state index in [2.05, 4.69) is 15.7 Å². The van der Waals surface area contributed by atoms with Crippen LogP contribution in [0.4, 0.5) is 10.6 Å². The van der Waals surface area contributed by atoms with Crippen molar-refractivity contribution in [3.8, 4) is 0 Å². The quantitative estimate of drug-likeness (QED) is 0.868. The van der Waals surface area contributed by atoms with Crippen LogP contribution in [0.3, 0.4) is 0 Å². The lowest BCUT2D eigenvalue weighted by Crippen LogP contribution is -2.29. The molecular weight excluding hydrogens is 228 g/mol. The molecule has 1 aromatic heterocycles. The predicted molar refractivity (Wildman–Crippen MR) is 70.2 cm³/mol. The number of carbonyl (C=O) groups excluding carboxylic acids is 1. The van der Waals surface area contributed by atoms with Crippen LogP contribution in [0.1, 0.15) is 11.1 Å². The van der Waals surface area contributed by atoms with Crippen LogP contribution < -0.4 is 10.6 Å². The molecule has 0 bridgehead atoms. The number of hydrogen-bond acceptors (Lipinski definition) is 2. The monoisotopic (exact) mass is 244 g/mol. The smallest absolute Gasteiger partial charge is 0.320 e. The van der Waals surface area contributed by atoms with Crippen LogP contribution in [0, 0.1) is 6.92 Å². The van der Waals surface area contributed by atoms with Crippen molar-refractivity contribution in [1.29, 1.82) is 0 Å². The van der Waals surface area contributed by atoms with E-state index in [1.807, 2.05) is 31.2 Å². The second kappa shape index (κ2) is 5.35. The standard InChI is InChI=1S/C13H16N4O/c1-10-4-3-5-11(8-10)9-14-13(18)16-12-6-7-15-17(12)2/h3-8H,9H2,1-2H3,(H2,14,16,18). The summed E-state index contributed by atoms with van der Waals surface area (Å²) in [5, 5.41) is 9.50. The highest BCUT2D eigenvalue weighted by atomic mass is 16.2. The Kier molecular flexibility index (Phi) is 3.62. The van der Waals surface area contributed by atoms with E-state index in [1.165, 1.54) is 5.56 Å². The Balaban J connectivity index is 1.87. The number of rotatable bonds is 3. The molecule has 2 rings (SSSR count). The minimum Gasteiger partial charge on any atom is -0.334 e. The number of carbonyl (C=O) groups is 1. The molecule has 2 amide bonds. The molecule has 2 aromatic rings. The Labute approximate surface area is 106 Å². The van der Waals surface area contributed by atoms with Gasteiger partial charge in [0.15, 0.2) is 0 Å². The lowest BCUT2D eigenvalue weighted by atomic mass is 10.1. The molecule has 0 fully saturated rings. The molecule has 5 nitrogen and oxygen atoms in total. The molecular formula is C13H16N4O. The van der Waals surface area contributed by atoms with Gasteiger partial charge < -0.3 is 5.32 Å². The first-order valence-electron chi connectivity index (χ1n) is 5.73. The predicted octanol–water partition coefficient (Wildman–Crippen LogP) is 2.05. The molecule has 0 radical (unpaired) electrons. The van der Waals surface area contributed by atoms with Gasteiger partial charge in [0.1, 0.15) is 5.82 Å². The third-order valence-corrected chi connectivity index (χ3v) is 2.60. The number of urea groups is 1. The third-order valence-electron chi connectivity index (χ3n) is 2.60. The van der Waals surface area contributed by atoms with Crippen molar-refractivity contribution < 1.29 is 4.79 Å². The number of benzene rings is 1. The summed E-state index contributed by atoms with van der Waals surface area (Å²) in [4.78, 5) is 11.7. The molecule has 0 saturated heterocycles. The summed E-state index contributed by atoms with van der Waals surface area (Å²) in [7, 11) is 1.77. The number of nitrogens with one attached hydrogen (secondary N) is 2. The van der Waals surface area contributed by atoms with Crippen LogP contribution in [-0.2, 0) is 13.6 Å². The molecule has 0 aliphatic carbocycles. The maximum atomic E-state index is 11.7. The minimum atomic E-state index is -0.236. The van der Waals surface area contributed by atoms with Gasteiger partial charge in [-0.15, -0.1) is 0 Å². The van der Waals surface area contributed by atoms with Crippen LogP contribution in [-0.4, -0.2) is 15.8 Å². The Morgan fingerprint density at radius 2 is 2.22 bits per heavy atom. The lowest BCUT2D eigenvalue weighted by molar-refractivity contribution is 0.251. The van der Waals surface area contributed by atoms with Crippen molar-refractivity contribution in [3.63, 3.8) is 0 Å². The summed E-state index contributed by atoms with van der Waals surface area (Å²) >= 11 is 0. The molecule has 0 spiro atoms. The van der Waals surface area contributed by atoms with Gasteiger partial charge in [-0.05, 0) is 12.5 Å². The summed E-state index contributed by atoms with van der Waals surface area (Å²) in [6.45, 7) is 2.53. The first-order valence-corrected chi connectivity index (χ1v) is 5.73. The third kappa shape index (κ3) is 3.10. The van der Waals surface area contributed by atoms with E-state index in [0.29, 0.717) is 12.4 Å². The largest absolute Gasteiger partial charge is 0.334 e. The first-order chi connectivity index (χ1) is 8.65. The average molecular weight is 244 g/mol. The van der Waals surface area contributed by atoms with Gasteiger partial charge >= 0.3 is 6.03 Å². The van der Waals surface area contributed by atoms with Gasteiger partial charge in [0.2, 0.25) is 0 Å². The topological polar surface area (TPSA) is 59.0 Å². The van der Waals surface area contributed by atoms with Gasteiger partial charge in [0, 0.05) is 19.7 Å². The molecule has 94 valence electrons. The van der Waals surface area contributed by atoms with E-state index in [0.717, 1.165) is 5.56 Å². The zero-order chi connectivity index (χ0) is 13.0. The van der Waals surface area contributed by atoms with E-state index in [1.54, 1.807) is 24.0 Å². The second-order valence-electron chi connectivity index (χ2n) is 4.14. The zero-order valence-corrected chi connectivity index (χ0v) is 10.5. The number of aryl methyl sites for hydroxylation is 2. The van der Waals surface area contributed by atoms with Gasteiger partial charge in [-0.25, -0.2) is 4.79 Å². The molecule has 1 heterocycles. The molecule has 0 atom stereocenters. The normalized spacial score (nSPS) is 10.1. The van der Waals surface area contributed by atoms with Crippen LogP contribution in [0.5, 0.6) is 0 Å². The molecule has 0 unspecified atom stereocenters. The van der Waals surface area contributed by atoms with Crippen molar-refractivity contribution in [2.45, 2.75) is 13.5 Å². The van der Waals surface area contributed by atoms with Gasteiger partial charge in [-0.1, -0.05) is 29.8 Å². The Morgan fingerprint density at radius 1 is 1.39 bits per heavy atom. The summed E-state index contributed by atoms with van der Waals surface area (Å²) in [5.74, 6) is 0.664. The van der Waals surface area contributed by atoms with E-state index in [4.69, 9.17) is 0 Å². The van der Waals surface area contributed by atoms with E-state index >= 15 is 0 Å². The minimum absolute atomic E-state index is 0.236. The summed E-state index contributed by atoms with van der Waals surface area (Å²) in [5.41, 5.74) is 2.26. The molecule has 0 aliphatic heterocycles. The van der Waals surface area contributed by atoms with Gasteiger partial charge in [0.25, 0.3) is 0 Å². The molecule has 2 N–H and O–H groups in total. The van der Waals surface area contributed by atoms with Gasteiger partial charge in [0.05, 0.1) is 6.20 Å². The van der Waals surface area contributed by atoms with E-state index < -0.39 is 0 Å². The van der Waals surface area contributed by atoms with Crippen LogP contribution in [0.25, 0.3) is 0 Å². The Bertz CT molecular complexity index is 547. The molecule has 18 heavy (non-hydrogen) atoms.